The monoisotopic (exact) mass is 632 g/mol. The zero-order chi connectivity index (χ0) is 30.5. The predicted octanol–water partition coefficient (Wildman–Crippen LogP) is 3.68. The van der Waals surface area contributed by atoms with E-state index in [4.69, 9.17) is 48.9 Å². The fourth-order valence-electron chi connectivity index (χ4n) is 6.01. The van der Waals surface area contributed by atoms with Crippen molar-refractivity contribution >= 4 is 48.6 Å². The maximum atomic E-state index is 6.43. The molecule has 45 heavy (non-hydrogen) atoms. The van der Waals surface area contributed by atoms with Gasteiger partial charge in [-0.05, 0) is 0 Å². The van der Waals surface area contributed by atoms with E-state index in [1.165, 1.54) is 0 Å². The molecule has 220 valence electrons. The summed E-state index contributed by atoms with van der Waals surface area (Å²) in [5.41, 5.74) is 5.50. The van der Waals surface area contributed by atoms with E-state index >= 15 is 0 Å². The molecule has 0 saturated carbocycles. The Kier molecular flexibility index (Phi) is 5.11. The molecule has 8 bridgehead atoms. The van der Waals surface area contributed by atoms with E-state index in [1.54, 1.807) is 6.07 Å². The molecule has 0 unspecified atom stereocenters. The van der Waals surface area contributed by atoms with E-state index in [0.29, 0.717) is 61.1 Å². The Bertz CT molecular complexity index is 2560. The minimum absolute atomic E-state index is 0.418. The Morgan fingerprint density at radius 3 is 1.24 bits per heavy atom. The number of nitrogens with two attached hydrogens (primary N) is 4. The van der Waals surface area contributed by atoms with Crippen molar-refractivity contribution in [3.63, 3.8) is 0 Å². The van der Waals surface area contributed by atoms with Crippen molar-refractivity contribution in [3.05, 3.63) is 91.0 Å². The first-order chi connectivity index (χ1) is 21.7. The summed E-state index contributed by atoms with van der Waals surface area (Å²) >= 11 is -4.56. The van der Waals surface area contributed by atoms with Gasteiger partial charge in [0, 0.05) is 0 Å². The van der Waals surface area contributed by atoms with Gasteiger partial charge in [-0.25, -0.2) is 0 Å². The van der Waals surface area contributed by atoms with E-state index in [1.807, 2.05) is 84.9 Å². The Morgan fingerprint density at radius 1 is 0.400 bits per heavy atom. The Balaban J connectivity index is 1.52. The van der Waals surface area contributed by atoms with Crippen LogP contribution >= 0.6 is 0 Å². The van der Waals surface area contributed by atoms with Crippen LogP contribution in [0.1, 0.15) is 0 Å². The van der Waals surface area contributed by atoms with Gasteiger partial charge < -0.3 is 0 Å². The molecular formula is C32H25MnN12. The number of fused-ring (bicyclic) bond motifs is 20. The van der Waals surface area contributed by atoms with E-state index in [0.717, 1.165) is 33.0 Å². The molecule has 0 spiro atoms. The molecule has 10 N–H and O–H groups in total. The average Bonchev–Trinajstić information content (AvgIpc) is 3.76. The van der Waals surface area contributed by atoms with Crippen molar-refractivity contribution in [2.75, 3.05) is 0 Å². The first kappa shape index (κ1) is 26.0. The first-order valence-corrected chi connectivity index (χ1v) is 17.3. The van der Waals surface area contributed by atoms with E-state index in [2.05, 4.69) is 9.97 Å². The van der Waals surface area contributed by atoms with Crippen LogP contribution in [0.3, 0.4) is 0 Å². The third kappa shape index (κ3) is 4.01. The molecule has 5 heterocycles. The van der Waals surface area contributed by atoms with Gasteiger partial charge in [-0.2, -0.15) is 0 Å². The quantitative estimate of drug-likeness (QED) is 0.144. The number of hydrogen-bond donors (Lipinski definition) is 6. The van der Waals surface area contributed by atoms with Crippen LogP contribution in [0.5, 0.6) is 0 Å². The summed E-state index contributed by atoms with van der Waals surface area (Å²) in [6.45, 7) is 0. The number of benzene rings is 4. The standard InChI is InChI=1S/C32H17N8.Mn.4H2N/c1-2-10-18-17(9-1)25-33-26(18)38-28-21-13-5-6-14-22(21)30(35-28)40-32-24-16-8-7-15-23(24)31(36-32)39-29-20-12-4-3-11-19(20)27(34-29)37-25;;;;;/h1-15H,(H2,33,34,35,36,37,38,39,40);;4*1H2/q;+4;4*-1. The van der Waals surface area contributed by atoms with Gasteiger partial charge in [0.1, 0.15) is 0 Å². The molecule has 2 aliphatic rings. The second-order valence-electron chi connectivity index (χ2n) is 11.1. The van der Waals surface area contributed by atoms with Gasteiger partial charge in [-0.1, -0.05) is 6.07 Å². The van der Waals surface area contributed by atoms with Gasteiger partial charge in [0.2, 0.25) is 0 Å². The Morgan fingerprint density at radius 2 is 0.778 bits per heavy atom. The van der Waals surface area contributed by atoms with Gasteiger partial charge in [-0.15, -0.1) is 0 Å². The van der Waals surface area contributed by atoms with Crippen LogP contribution in [0, 0.1) is 0 Å². The molecule has 4 aromatic carbocycles. The van der Waals surface area contributed by atoms with Crippen LogP contribution in [0.15, 0.2) is 91.0 Å². The van der Waals surface area contributed by atoms with Crippen LogP contribution < -0.4 is 23.5 Å². The molecule has 3 aromatic heterocycles. The van der Waals surface area contributed by atoms with Crippen molar-refractivity contribution in [2.45, 2.75) is 0 Å². The zero-order valence-corrected chi connectivity index (χ0v) is 24.7. The van der Waals surface area contributed by atoms with Crippen LogP contribution in [0.2, 0.25) is 0 Å². The molecule has 0 radical (unpaired) electrons. The van der Waals surface area contributed by atoms with Gasteiger partial charge in [0.15, 0.2) is 0 Å². The number of rotatable bonds is 1. The number of H-pyrrole nitrogens is 2. The molecule has 9 rings (SSSR count). The maximum absolute atomic E-state index is 6.43. The summed E-state index contributed by atoms with van der Waals surface area (Å²) in [4.78, 5) is 36.7. The first-order valence-electron chi connectivity index (χ1n) is 14.0. The number of nitrogens with one attached hydrogen (secondary N) is 2. The summed E-state index contributed by atoms with van der Waals surface area (Å²) in [6.07, 6.45) is 0. The molecular weight excluding hydrogens is 607 g/mol. The average molecular weight is 633 g/mol. The predicted molar refractivity (Wildman–Crippen MR) is 172 cm³/mol. The molecule has 0 amide bonds. The SMILES string of the molecule is [NH2][Mn]([NH2])([NH2])([NH2])[c]1cccc2c3nc4nc(nc5[nH]c(nc6nc(nc([nH]3)c12)-c1ccccc1-6)c1ccccc51)-c1ccccc1-4. The fourth-order valence-corrected chi connectivity index (χ4v) is 7.56. The third-order valence-electron chi connectivity index (χ3n) is 8.00. The molecule has 0 saturated heterocycles. The Labute approximate surface area is 256 Å². The number of aromatic nitrogens is 8. The molecule has 0 aliphatic carbocycles. The zero-order valence-electron chi connectivity index (χ0n) is 23.5. The van der Waals surface area contributed by atoms with E-state index < -0.39 is 12.7 Å². The fraction of sp³-hybridized carbons (Fsp3) is 0. The Hall–Kier alpha value is -5.40. The summed E-state index contributed by atoms with van der Waals surface area (Å²) in [5, 5.41) is 3.08. The van der Waals surface area contributed by atoms with Gasteiger partial charge >= 0.3 is 251 Å². The van der Waals surface area contributed by atoms with Crippen LogP contribution in [-0.2, 0) is 12.7 Å². The van der Waals surface area contributed by atoms with Gasteiger partial charge in [0.25, 0.3) is 0 Å². The third-order valence-corrected chi connectivity index (χ3v) is 9.96. The van der Waals surface area contributed by atoms with Crippen molar-refractivity contribution < 1.29 is 12.7 Å². The number of nitrogens with zero attached hydrogens (tertiary/aromatic N) is 6. The van der Waals surface area contributed by atoms with E-state index in [9.17, 15) is 0 Å². The molecule has 12 nitrogen and oxygen atoms in total. The summed E-state index contributed by atoms with van der Waals surface area (Å²) in [5.74, 6) is 1.96. The number of hydrogen-bond acceptors (Lipinski definition) is 10. The van der Waals surface area contributed by atoms with E-state index in [-0.39, 0.29) is 0 Å². The van der Waals surface area contributed by atoms with Gasteiger partial charge in [0.05, 0.1) is 0 Å². The van der Waals surface area contributed by atoms with Crippen molar-refractivity contribution in [3.8, 4) is 45.6 Å². The van der Waals surface area contributed by atoms with Crippen molar-refractivity contribution in [1.29, 1.82) is 0 Å². The molecule has 0 atom stereocenters. The molecule has 2 aliphatic heterocycles. The summed E-state index contributed by atoms with van der Waals surface area (Å²) in [6, 6.07) is 29.1. The second-order valence-corrected chi connectivity index (χ2v) is 15.5. The summed E-state index contributed by atoms with van der Waals surface area (Å²) in [7, 11) is 0. The molecule has 13 heteroatoms. The summed E-state index contributed by atoms with van der Waals surface area (Å²) < 4.78 is 26.2. The molecule has 7 aromatic rings. The topological polar surface area (TPSA) is 213 Å². The normalized spacial score (nSPS) is 13.4. The second kappa shape index (κ2) is 8.83. The van der Waals surface area contributed by atoms with Crippen LogP contribution in [0.25, 0.3) is 89.7 Å². The van der Waals surface area contributed by atoms with Gasteiger partial charge in [-0.3, -0.25) is 0 Å². The van der Waals surface area contributed by atoms with Crippen molar-refractivity contribution in [2.24, 2.45) is 19.0 Å². The van der Waals surface area contributed by atoms with Crippen LogP contribution in [-0.4, -0.2) is 39.9 Å². The molecule has 0 fully saturated rings. The number of aromatic amines is 2. The van der Waals surface area contributed by atoms with Crippen molar-refractivity contribution in [1.82, 2.24) is 39.9 Å². The van der Waals surface area contributed by atoms with Crippen LogP contribution in [0.4, 0.5) is 0 Å². The minimum atomic E-state index is -4.56.